The zero-order valence-corrected chi connectivity index (χ0v) is 47.9. The Balaban J connectivity index is 4.43. The molecule has 6 nitrogen and oxygen atoms in total. The Hall–Kier alpha value is -3.67. The first-order chi connectivity index (χ1) is 36.0. The Labute approximate surface area is 451 Å². The van der Waals surface area contributed by atoms with Crippen molar-refractivity contribution in [2.45, 2.75) is 297 Å². The molecule has 0 radical (unpaired) electrons. The summed E-state index contributed by atoms with van der Waals surface area (Å²) in [7, 11) is 0. The monoisotopic (exact) mass is 1010 g/mol. The highest BCUT2D eigenvalue weighted by Gasteiger charge is 2.19. The standard InChI is InChI=1S/C67H114O6/c1-4-7-10-13-16-19-22-25-28-31-32-33-34-37-39-42-45-48-51-54-57-60-66(69)72-63-64(73-67(70)61-58-55-52-49-46-43-40-36-30-27-24-21-18-15-12-9-6-3)62-71-65(68)59-56-53-50-47-44-41-38-35-29-26-23-20-17-14-11-8-5-2/h9,12,17-18,20-22,25-27,29-32,40,43,64H,4-8,10-11,13-16,19,23-24,28,33-39,41-42,44-63H2,1-3H3/b12-9-,20-17-,21-18-,25-22-,29-26-,30-27-,32-31-,43-40-. The van der Waals surface area contributed by atoms with E-state index in [1.807, 2.05) is 0 Å². The molecule has 73 heavy (non-hydrogen) atoms. The smallest absolute Gasteiger partial charge is 0.306 e. The summed E-state index contributed by atoms with van der Waals surface area (Å²) in [6, 6.07) is 0. The Bertz CT molecular complexity index is 1440. The Morgan fingerprint density at radius 1 is 0.288 bits per heavy atom. The molecule has 0 aliphatic heterocycles. The van der Waals surface area contributed by atoms with Gasteiger partial charge in [-0.3, -0.25) is 14.4 Å². The van der Waals surface area contributed by atoms with Gasteiger partial charge < -0.3 is 14.2 Å². The molecule has 0 aromatic rings. The molecule has 0 spiro atoms. The molecule has 0 rings (SSSR count). The number of carbonyl (C=O) groups excluding carboxylic acids is 3. The average molecular weight is 1020 g/mol. The van der Waals surface area contributed by atoms with Gasteiger partial charge in [-0.25, -0.2) is 0 Å². The molecule has 418 valence electrons. The van der Waals surface area contributed by atoms with Gasteiger partial charge in [0.25, 0.3) is 0 Å². The van der Waals surface area contributed by atoms with Crippen molar-refractivity contribution in [3.05, 3.63) is 97.2 Å². The number of hydrogen-bond acceptors (Lipinski definition) is 6. The van der Waals surface area contributed by atoms with E-state index >= 15 is 0 Å². The van der Waals surface area contributed by atoms with E-state index in [2.05, 4.69) is 118 Å². The summed E-state index contributed by atoms with van der Waals surface area (Å²) in [5, 5.41) is 0. The minimum Gasteiger partial charge on any atom is -0.462 e. The van der Waals surface area contributed by atoms with Crippen molar-refractivity contribution >= 4 is 17.9 Å². The number of unbranched alkanes of at least 4 members (excludes halogenated alkanes) is 28. The maximum atomic E-state index is 12.9. The molecule has 0 bridgehead atoms. The van der Waals surface area contributed by atoms with E-state index in [1.165, 1.54) is 135 Å². The molecule has 0 amide bonds. The van der Waals surface area contributed by atoms with Crippen LogP contribution in [0.4, 0.5) is 0 Å². The van der Waals surface area contributed by atoms with Gasteiger partial charge in [-0.1, -0.05) is 246 Å². The van der Waals surface area contributed by atoms with Gasteiger partial charge >= 0.3 is 17.9 Å². The van der Waals surface area contributed by atoms with Crippen LogP contribution in [0, 0.1) is 0 Å². The third-order valence-corrected chi connectivity index (χ3v) is 13.0. The lowest BCUT2D eigenvalue weighted by atomic mass is 10.1. The molecule has 0 heterocycles. The van der Waals surface area contributed by atoms with E-state index < -0.39 is 6.10 Å². The first-order valence-electron chi connectivity index (χ1n) is 30.7. The number of allylic oxidation sites excluding steroid dienone is 16. The second-order valence-corrected chi connectivity index (χ2v) is 20.2. The highest BCUT2D eigenvalue weighted by Crippen LogP contribution is 2.15. The van der Waals surface area contributed by atoms with Crippen LogP contribution in [0.25, 0.3) is 0 Å². The van der Waals surface area contributed by atoms with E-state index in [0.29, 0.717) is 19.3 Å². The number of carbonyl (C=O) groups is 3. The van der Waals surface area contributed by atoms with Crippen molar-refractivity contribution in [2.75, 3.05) is 13.2 Å². The quantitative estimate of drug-likeness (QED) is 0.0261. The van der Waals surface area contributed by atoms with Crippen LogP contribution in [0.2, 0.25) is 0 Å². The highest BCUT2D eigenvalue weighted by atomic mass is 16.6. The Morgan fingerprint density at radius 2 is 0.534 bits per heavy atom. The first kappa shape index (κ1) is 69.3. The third kappa shape index (κ3) is 59.1. The summed E-state index contributed by atoms with van der Waals surface area (Å²) in [5.74, 6) is -0.921. The van der Waals surface area contributed by atoms with Crippen LogP contribution >= 0.6 is 0 Å². The van der Waals surface area contributed by atoms with Crippen molar-refractivity contribution in [3.8, 4) is 0 Å². The van der Waals surface area contributed by atoms with Gasteiger partial charge in [0.05, 0.1) is 0 Å². The van der Waals surface area contributed by atoms with Gasteiger partial charge in [-0.05, 0) is 122 Å². The molecule has 0 aliphatic carbocycles. The fourth-order valence-corrected chi connectivity index (χ4v) is 8.44. The van der Waals surface area contributed by atoms with Crippen LogP contribution in [0.5, 0.6) is 0 Å². The van der Waals surface area contributed by atoms with Crippen molar-refractivity contribution in [3.63, 3.8) is 0 Å². The lowest BCUT2D eigenvalue weighted by molar-refractivity contribution is -0.167. The van der Waals surface area contributed by atoms with Crippen molar-refractivity contribution < 1.29 is 28.6 Å². The second-order valence-electron chi connectivity index (χ2n) is 20.2. The number of ether oxygens (including phenoxy) is 3. The molecule has 0 saturated carbocycles. The Morgan fingerprint density at radius 3 is 0.863 bits per heavy atom. The molecule has 0 aliphatic rings. The number of rotatable bonds is 55. The van der Waals surface area contributed by atoms with E-state index in [0.717, 1.165) is 116 Å². The summed E-state index contributed by atoms with van der Waals surface area (Å²) >= 11 is 0. The molecule has 1 atom stereocenters. The molecular formula is C67H114O6. The fourth-order valence-electron chi connectivity index (χ4n) is 8.44. The third-order valence-electron chi connectivity index (χ3n) is 13.0. The largest absolute Gasteiger partial charge is 0.462 e. The summed E-state index contributed by atoms with van der Waals surface area (Å²) in [5.41, 5.74) is 0. The summed E-state index contributed by atoms with van der Waals surface area (Å²) in [6.45, 7) is 6.48. The maximum Gasteiger partial charge on any atom is 0.306 e. The van der Waals surface area contributed by atoms with Crippen LogP contribution < -0.4 is 0 Å². The molecule has 0 N–H and O–H groups in total. The summed E-state index contributed by atoms with van der Waals surface area (Å²) in [4.78, 5) is 38.3. The van der Waals surface area contributed by atoms with Crippen LogP contribution in [-0.2, 0) is 28.6 Å². The molecular weight excluding hydrogens is 901 g/mol. The average Bonchev–Trinajstić information content (AvgIpc) is 3.39. The van der Waals surface area contributed by atoms with Crippen molar-refractivity contribution in [1.82, 2.24) is 0 Å². The molecule has 0 saturated heterocycles. The maximum absolute atomic E-state index is 12.9. The van der Waals surface area contributed by atoms with Gasteiger partial charge in [-0.15, -0.1) is 0 Å². The molecule has 0 aromatic heterocycles. The van der Waals surface area contributed by atoms with Crippen LogP contribution in [0.3, 0.4) is 0 Å². The minimum atomic E-state index is -0.798. The van der Waals surface area contributed by atoms with E-state index in [9.17, 15) is 14.4 Å². The Kier molecular flexibility index (Phi) is 57.8. The second kappa shape index (κ2) is 60.9. The lowest BCUT2D eigenvalue weighted by Crippen LogP contribution is -2.30. The predicted molar refractivity (Wildman–Crippen MR) is 316 cm³/mol. The summed E-state index contributed by atoms with van der Waals surface area (Å²) < 4.78 is 16.9. The van der Waals surface area contributed by atoms with E-state index in [-0.39, 0.29) is 31.1 Å². The van der Waals surface area contributed by atoms with Crippen molar-refractivity contribution in [2.24, 2.45) is 0 Å². The molecule has 1 unspecified atom stereocenters. The van der Waals surface area contributed by atoms with Gasteiger partial charge in [0.15, 0.2) is 6.10 Å². The zero-order valence-electron chi connectivity index (χ0n) is 47.9. The zero-order chi connectivity index (χ0) is 52.9. The fraction of sp³-hybridized carbons (Fsp3) is 0.716. The molecule has 0 fully saturated rings. The topological polar surface area (TPSA) is 78.9 Å². The van der Waals surface area contributed by atoms with Crippen LogP contribution in [0.15, 0.2) is 97.2 Å². The SMILES string of the molecule is CC/C=C\C/C=C\C/C=C\C/C=C\CCCCCCC(=O)OC(COC(=O)CCCCCCCCC/C=C\C/C=C\CCCCC)COC(=O)CCCCCCCCCCC/C=C\C/C=C\CCCCCCC. The van der Waals surface area contributed by atoms with E-state index in [1.54, 1.807) is 0 Å². The predicted octanol–water partition coefficient (Wildman–Crippen LogP) is 20.9. The van der Waals surface area contributed by atoms with Gasteiger partial charge in [0.2, 0.25) is 0 Å². The number of esters is 3. The van der Waals surface area contributed by atoms with Crippen LogP contribution in [0.1, 0.15) is 290 Å². The van der Waals surface area contributed by atoms with Crippen LogP contribution in [-0.4, -0.2) is 37.2 Å². The lowest BCUT2D eigenvalue weighted by Gasteiger charge is -2.18. The van der Waals surface area contributed by atoms with Gasteiger partial charge in [-0.2, -0.15) is 0 Å². The minimum absolute atomic E-state index is 0.0925. The van der Waals surface area contributed by atoms with Gasteiger partial charge in [0.1, 0.15) is 13.2 Å². The number of hydrogen-bond donors (Lipinski definition) is 0. The van der Waals surface area contributed by atoms with E-state index in [4.69, 9.17) is 14.2 Å². The summed E-state index contributed by atoms with van der Waals surface area (Å²) in [6.07, 6.45) is 81.1. The normalized spacial score (nSPS) is 12.8. The highest BCUT2D eigenvalue weighted by molar-refractivity contribution is 5.71. The molecule has 0 aromatic carbocycles. The molecule has 6 heteroatoms. The first-order valence-corrected chi connectivity index (χ1v) is 30.7. The van der Waals surface area contributed by atoms with Crippen molar-refractivity contribution in [1.29, 1.82) is 0 Å². The van der Waals surface area contributed by atoms with Gasteiger partial charge in [0, 0.05) is 19.3 Å².